The standard InChI is InChI=1S/C18H18FN3O2/c1-24-17(23)10-13-6-8-22(9-7-13)18-20-11-14(12-21-18)15-4-2-3-5-16(15)19/h2-6,11-12H,7-10H2,1H3. The van der Waals surface area contributed by atoms with Crippen LogP contribution in [-0.4, -0.2) is 36.1 Å². The van der Waals surface area contributed by atoms with Crippen molar-refractivity contribution in [2.45, 2.75) is 12.8 Å². The highest BCUT2D eigenvalue weighted by Crippen LogP contribution is 2.23. The summed E-state index contributed by atoms with van der Waals surface area (Å²) in [5.41, 5.74) is 2.21. The van der Waals surface area contributed by atoms with Gasteiger partial charge in [0.2, 0.25) is 5.95 Å². The number of benzene rings is 1. The van der Waals surface area contributed by atoms with E-state index >= 15 is 0 Å². The molecule has 0 bridgehead atoms. The predicted molar refractivity (Wildman–Crippen MR) is 89.0 cm³/mol. The van der Waals surface area contributed by atoms with Crippen LogP contribution >= 0.6 is 0 Å². The fourth-order valence-electron chi connectivity index (χ4n) is 2.63. The van der Waals surface area contributed by atoms with Gasteiger partial charge in [0.25, 0.3) is 0 Å². The number of halogens is 1. The second kappa shape index (κ2) is 7.21. The summed E-state index contributed by atoms with van der Waals surface area (Å²) in [6, 6.07) is 6.56. The first kappa shape index (κ1) is 16.1. The molecule has 0 amide bonds. The Kier molecular flexibility index (Phi) is 4.84. The number of carbonyl (C=O) groups is 1. The molecule has 0 saturated carbocycles. The van der Waals surface area contributed by atoms with Gasteiger partial charge in [-0.1, -0.05) is 29.8 Å². The van der Waals surface area contributed by atoms with Gasteiger partial charge in [0, 0.05) is 36.6 Å². The quantitative estimate of drug-likeness (QED) is 0.638. The molecule has 2 aromatic rings. The maximum Gasteiger partial charge on any atom is 0.309 e. The van der Waals surface area contributed by atoms with E-state index in [1.807, 2.05) is 11.0 Å². The van der Waals surface area contributed by atoms with Crippen molar-refractivity contribution in [2.24, 2.45) is 0 Å². The van der Waals surface area contributed by atoms with Crippen LogP contribution in [0.2, 0.25) is 0 Å². The van der Waals surface area contributed by atoms with E-state index in [0.29, 0.717) is 30.0 Å². The molecule has 6 heteroatoms. The Balaban J connectivity index is 1.69. The molecule has 1 aromatic carbocycles. The summed E-state index contributed by atoms with van der Waals surface area (Å²) < 4.78 is 18.5. The number of esters is 1. The zero-order valence-electron chi connectivity index (χ0n) is 13.4. The fraction of sp³-hybridized carbons (Fsp3) is 0.278. The van der Waals surface area contributed by atoms with E-state index in [9.17, 15) is 9.18 Å². The lowest BCUT2D eigenvalue weighted by Gasteiger charge is -2.26. The number of rotatable bonds is 4. The minimum Gasteiger partial charge on any atom is -0.469 e. The molecule has 2 heterocycles. The topological polar surface area (TPSA) is 55.3 Å². The summed E-state index contributed by atoms with van der Waals surface area (Å²) in [6.07, 6.45) is 6.38. The first-order valence-electron chi connectivity index (χ1n) is 7.74. The number of anilines is 1. The van der Waals surface area contributed by atoms with Crippen LogP contribution in [0.25, 0.3) is 11.1 Å². The van der Waals surface area contributed by atoms with E-state index in [4.69, 9.17) is 0 Å². The highest BCUT2D eigenvalue weighted by atomic mass is 19.1. The van der Waals surface area contributed by atoms with Gasteiger partial charge in [-0.15, -0.1) is 0 Å². The van der Waals surface area contributed by atoms with Crippen molar-refractivity contribution in [3.05, 3.63) is 54.1 Å². The Labute approximate surface area is 139 Å². The normalized spacial score (nSPS) is 14.2. The van der Waals surface area contributed by atoms with Gasteiger partial charge in [-0.25, -0.2) is 14.4 Å². The summed E-state index contributed by atoms with van der Waals surface area (Å²) in [6.45, 7) is 1.38. The van der Waals surface area contributed by atoms with Gasteiger partial charge < -0.3 is 9.64 Å². The molecule has 24 heavy (non-hydrogen) atoms. The van der Waals surface area contributed by atoms with Crippen molar-refractivity contribution in [3.8, 4) is 11.1 Å². The number of ether oxygens (including phenoxy) is 1. The molecular weight excluding hydrogens is 309 g/mol. The van der Waals surface area contributed by atoms with E-state index in [1.54, 1.807) is 30.6 Å². The van der Waals surface area contributed by atoms with Gasteiger partial charge in [-0.05, 0) is 12.5 Å². The van der Waals surface area contributed by atoms with Crippen LogP contribution in [0.15, 0.2) is 48.3 Å². The highest BCUT2D eigenvalue weighted by molar-refractivity contribution is 5.72. The van der Waals surface area contributed by atoms with Crippen molar-refractivity contribution in [1.29, 1.82) is 0 Å². The molecule has 0 saturated heterocycles. The van der Waals surface area contributed by atoms with Gasteiger partial charge in [-0.2, -0.15) is 0 Å². The molecule has 124 valence electrons. The minimum atomic E-state index is -0.290. The van der Waals surface area contributed by atoms with E-state index in [1.165, 1.54) is 13.2 Å². The third kappa shape index (κ3) is 3.59. The largest absolute Gasteiger partial charge is 0.469 e. The highest BCUT2D eigenvalue weighted by Gasteiger charge is 2.16. The van der Waals surface area contributed by atoms with Gasteiger partial charge in [0.15, 0.2) is 0 Å². The Morgan fingerprint density at radius 1 is 1.29 bits per heavy atom. The van der Waals surface area contributed by atoms with Crippen molar-refractivity contribution in [1.82, 2.24) is 9.97 Å². The van der Waals surface area contributed by atoms with Crippen LogP contribution < -0.4 is 4.90 Å². The van der Waals surface area contributed by atoms with Crippen LogP contribution in [0.4, 0.5) is 10.3 Å². The van der Waals surface area contributed by atoms with Gasteiger partial charge >= 0.3 is 5.97 Å². The lowest BCUT2D eigenvalue weighted by atomic mass is 10.1. The Bertz CT molecular complexity index is 759. The molecular formula is C18H18FN3O2. The van der Waals surface area contributed by atoms with Crippen LogP contribution in [-0.2, 0) is 9.53 Å². The average molecular weight is 327 g/mol. The molecule has 1 aromatic heterocycles. The van der Waals surface area contributed by atoms with Crippen LogP contribution in [0.1, 0.15) is 12.8 Å². The molecule has 0 spiro atoms. The van der Waals surface area contributed by atoms with E-state index in [-0.39, 0.29) is 11.8 Å². The molecule has 0 fully saturated rings. The number of carbonyl (C=O) groups excluding carboxylic acids is 1. The van der Waals surface area contributed by atoms with Crippen molar-refractivity contribution in [3.63, 3.8) is 0 Å². The molecule has 5 nitrogen and oxygen atoms in total. The molecule has 3 rings (SSSR count). The number of nitrogens with zero attached hydrogens (tertiary/aromatic N) is 3. The number of aromatic nitrogens is 2. The Morgan fingerprint density at radius 3 is 2.67 bits per heavy atom. The molecule has 1 aliphatic heterocycles. The first-order valence-corrected chi connectivity index (χ1v) is 7.74. The smallest absolute Gasteiger partial charge is 0.309 e. The second-order valence-corrected chi connectivity index (χ2v) is 5.56. The van der Waals surface area contributed by atoms with E-state index in [0.717, 1.165) is 18.5 Å². The maximum absolute atomic E-state index is 13.8. The van der Waals surface area contributed by atoms with Gasteiger partial charge in [-0.3, -0.25) is 4.79 Å². The average Bonchev–Trinajstić information content (AvgIpc) is 2.63. The maximum atomic E-state index is 13.8. The molecule has 0 N–H and O–H groups in total. The van der Waals surface area contributed by atoms with Crippen LogP contribution in [0, 0.1) is 5.82 Å². The first-order chi connectivity index (χ1) is 11.7. The third-order valence-electron chi connectivity index (χ3n) is 4.01. The molecule has 0 unspecified atom stereocenters. The zero-order chi connectivity index (χ0) is 16.9. The third-order valence-corrected chi connectivity index (χ3v) is 4.01. The van der Waals surface area contributed by atoms with Crippen LogP contribution in [0.3, 0.4) is 0 Å². The summed E-state index contributed by atoms with van der Waals surface area (Å²) >= 11 is 0. The second-order valence-electron chi connectivity index (χ2n) is 5.56. The van der Waals surface area contributed by atoms with Gasteiger partial charge in [0.05, 0.1) is 13.5 Å². The van der Waals surface area contributed by atoms with Crippen LogP contribution in [0.5, 0.6) is 0 Å². The van der Waals surface area contributed by atoms with Crippen molar-refractivity contribution in [2.75, 3.05) is 25.1 Å². The van der Waals surface area contributed by atoms with Crippen molar-refractivity contribution < 1.29 is 13.9 Å². The monoisotopic (exact) mass is 327 g/mol. The molecule has 0 radical (unpaired) electrons. The lowest BCUT2D eigenvalue weighted by molar-refractivity contribution is -0.139. The van der Waals surface area contributed by atoms with Gasteiger partial charge in [0.1, 0.15) is 5.82 Å². The number of hydrogen-bond donors (Lipinski definition) is 0. The summed E-state index contributed by atoms with van der Waals surface area (Å²) in [5.74, 6) is 0.0888. The minimum absolute atomic E-state index is 0.222. The Morgan fingerprint density at radius 2 is 2.04 bits per heavy atom. The summed E-state index contributed by atoms with van der Waals surface area (Å²) in [4.78, 5) is 22.0. The molecule has 0 aliphatic carbocycles. The summed E-state index contributed by atoms with van der Waals surface area (Å²) in [5, 5.41) is 0. The number of hydrogen-bond acceptors (Lipinski definition) is 5. The lowest BCUT2D eigenvalue weighted by Crippen LogP contribution is -2.30. The predicted octanol–water partition coefficient (Wildman–Crippen LogP) is 2.98. The summed E-state index contributed by atoms with van der Waals surface area (Å²) in [7, 11) is 1.39. The van der Waals surface area contributed by atoms with Crippen molar-refractivity contribution >= 4 is 11.9 Å². The molecule has 0 atom stereocenters. The zero-order valence-corrected chi connectivity index (χ0v) is 13.4. The number of methoxy groups -OCH3 is 1. The SMILES string of the molecule is COC(=O)CC1=CCN(c2ncc(-c3ccccc3F)cn2)CC1. The Hall–Kier alpha value is -2.76. The van der Waals surface area contributed by atoms with E-state index in [2.05, 4.69) is 14.7 Å². The molecule has 1 aliphatic rings. The fourth-order valence-corrected chi connectivity index (χ4v) is 2.63. The van der Waals surface area contributed by atoms with E-state index < -0.39 is 0 Å².